The van der Waals surface area contributed by atoms with Crippen molar-refractivity contribution in [3.05, 3.63) is 54.2 Å². The normalized spacial score (nSPS) is 9.87. The molecule has 0 heterocycles. The number of nitrogens with zero attached hydrogens (tertiary/aromatic N) is 2. The van der Waals surface area contributed by atoms with Gasteiger partial charge in [0.1, 0.15) is 11.8 Å². The lowest BCUT2D eigenvalue weighted by Crippen LogP contribution is -1.84. The Hall–Kier alpha value is -2.14. The molecule has 0 saturated heterocycles. The highest BCUT2D eigenvalue weighted by atomic mass is 14.7. The van der Waals surface area contributed by atoms with Crippen molar-refractivity contribution >= 4 is 11.8 Å². The fraction of sp³-hybridized carbons (Fsp3) is 0.0769. The van der Waals surface area contributed by atoms with Gasteiger partial charge in [0.2, 0.25) is 0 Å². The fourth-order valence-electron chi connectivity index (χ4n) is 1.03. The van der Waals surface area contributed by atoms with E-state index in [1.807, 2.05) is 37.3 Å². The van der Waals surface area contributed by atoms with Crippen molar-refractivity contribution in [3.63, 3.8) is 0 Å². The Morgan fingerprint density at radius 1 is 1.33 bits per heavy atom. The van der Waals surface area contributed by atoms with Crippen molar-refractivity contribution in [1.82, 2.24) is 0 Å². The van der Waals surface area contributed by atoms with Gasteiger partial charge in [-0.3, -0.25) is 0 Å². The highest BCUT2D eigenvalue weighted by molar-refractivity contribution is 6.09. The molecular weight excluding hydrogens is 184 g/mol. The standard InChI is InChI=1S/C13H12N2/c1-10-4-6-13(7-5-10)11(2)9-15-12(3)8-14/h4-7,9H,2-3H2,1H3. The first-order valence-corrected chi connectivity index (χ1v) is 4.52. The third kappa shape index (κ3) is 3.24. The molecule has 0 aliphatic carbocycles. The van der Waals surface area contributed by atoms with Gasteiger partial charge < -0.3 is 0 Å². The predicted molar refractivity (Wildman–Crippen MR) is 63.5 cm³/mol. The molecule has 1 aromatic carbocycles. The Morgan fingerprint density at radius 3 is 2.47 bits per heavy atom. The van der Waals surface area contributed by atoms with Gasteiger partial charge in [-0.15, -0.1) is 0 Å². The zero-order valence-corrected chi connectivity index (χ0v) is 8.70. The van der Waals surface area contributed by atoms with Crippen LogP contribution in [0.2, 0.25) is 0 Å². The molecule has 1 rings (SSSR count). The van der Waals surface area contributed by atoms with E-state index in [1.165, 1.54) is 5.56 Å². The van der Waals surface area contributed by atoms with Crippen LogP contribution in [-0.4, -0.2) is 6.21 Å². The summed E-state index contributed by atoms with van der Waals surface area (Å²) in [6.45, 7) is 9.34. The number of benzene rings is 1. The van der Waals surface area contributed by atoms with Crippen molar-refractivity contribution in [2.75, 3.05) is 0 Å². The third-order valence-electron chi connectivity index (χ3n) is 1.93. The maximum atomic E-state index is 8.46. The molecule has 0 aliphatic heterocycles. The lowest BCUT2D eigenvalue weighted by molar-refractivity contribution is 1.41. The van der Waals surface area contributed by atoms with E-state index in [0.717, 1.165) is 11.1 Å². The summed E-state index contributed by atoms with van der Waals surface area (Å²) in [4.78, 5) is 3.86. The Bertz CT molecular complexity index is 444. The van der Waals surface area contributed by atoms with Gasteiger partial charge in [-0.1, -0.05) is 43.0 Å². The summed E-state index contributed by atoms with van der Waals surface area (Å²) in [6, 6.07) is 9.80. The van der Waals surface area contributed by atoms with Crippen LogP contribution in [-0.2, 0) is 0 Å². The molecule has 0 N–H and O–H groups in total. The molecule has 1 aromatic rings. The topological polar surface area (TPSA) is 36.1 Å². The quantitative estimate of drug-likeness (QED) is 0.540. The highest BCUT2D eigenvalue weighted by Gasteiger charge is 1.94. The number of aryl methyl sites for hydroxylation is 1. The molecule has 0 spiro atoms. The average Bonchev–Trinajstić information content (AvgIpc) is 2.26. The molecule has 74 valence electrons. The summed E-state index contributed by atoms with van der Waals surface area (Å²) in [6.07, 6.45) is 1.55. The van der Waals surface area contributed by atoms with E-state index in [-0.39, 0.29) is 5.70 Å². The van der Waals surface area contributed by atoms with Crippen LogP contribution >= 0.6 is 0 Å². The lowest BCUT2D eigenvalue weighted by Gasteiger charge is -1.99. The van der Waals surface area contributed by atoms with Crippen LogP contribution in [0.25, 0.3) is 5.57 Å². The van der Waals surface area contributed by atoms with Crippen molar-refractivity contribution < 1.29 is 0 Å². The van der Waals surface area contributed by atoms with Gasteiger partial charge in [-0.2, -0.15) is 5.26 Å². The van der Waals surface area contributed by atoms with Crippen LogP contribution in [0.3, 0.4) is 0 Å². The predicted octanol–water partition coefficient (Wildman–Crippen LogP) is 3.12. The summed E-state index contributed by atoms with van der Waals surface area (Å²) in [5.41, 5.74) is 3.15. The molecule has 0 unspecified atom stereocenters. The molecule has 0 fully saturated rings. The van der Waals surface area contributed by atoms with Crippen LogP contribution in [0.1, 0.15) is 11.1 Å². The Labute approximate surface area is 89.9 Å². The summed E-state index contributed by atoms with van der Waals surface area (Å²) in [5, 5.41) is 8.46. The number of allylic oxidation sites excluding steroid dienone is 2. The van der Waals surface area contributed by atoms with Crippen molar-refractivity contribution in [2.45, 2.75) is 6.92 Å². The molecule has 0 atom stereocenters. The molecule has 0 radical (unpaired) electrons. The smallest absolute Gasteiger partial charge is 0.133 e. The van der Waals surface area contributed by atoms with E-state index >= 15 is 0 Å². The summed E-state index contributed by atoms with van der Waals surface area (Å²) < 4.78 is 0. The number of hydrogen-bond donors (Lipinski definition) is 0. The van der Waals surface area contributed by atoms with Crippen LogP contribution in [0.4, 0.5) is 0 Å². The number of aliphatic imine (C=N–C) groups is 1. The van der Waals surface area contributed by atoms with E-state index in [0.29, 0.717) is 0 Å². The number of hydrogen-bond acceptors (Lipinski definition) is 2. The van der Waals surface area contributed by atoms with Gasteiger partial charge in [0.05, 0.1) is 0 Å². The fourth-order valence-corrected chi connectivity index (χ4v) is 1.03. The summed E-state index contributed by atoms with van der Waals surface area (Å²) >= 11 is 0. The average molecular weight is 196 g/mol. The van der Waals surface area contributed by atoms with E-state index < -0.39 is 0 Å². The molecule has 2 nitrogen and oxygen atoms in total. The van der Waals surface area contributed by atoms with Gasteiger partial charge >= 0.3 is 0 Å². The number of rotatable bonds is 3. The molecule has 0 saturated carbocycles. The van der Waals surface area contributed by atoms with E-state index in [1.54, 1.807) is 6.21 Å². The minimum absolute atomic E-state index is 0.184. The van der Waals surface area contributed by atoms with E-state index in [2.05, 4.69) is 18.2 Å². The second-order valence-corrected chi connectivity index (χ2v) is 3.21. The SMILES string of the molecule is C=C(C#N)N=CC(=C)c1ccc(C)cc1. The van der Waals surface area contributed by atoms with Gasteiger partial charge in [0.15, 0.2) is 0 Å². The first-order chi connectivity index (χ1) is 7.13. The Kier molecular flexibility index (Phi) is 3.59. The molecule has 0 aromatic heterocycles. The highest BCUT2D eigenvalue weighted by Crippen LogP contribution is 2.11. The lowest BCUT2D eigenvalue weighted by atomic mass is 10.1. The first-order valence-electron chi connectivity index (χ1n) is 4.52. The van der Waals surface area contributed by atoms with Gasteiger partial charge in [0.25, 0.3) is 0 Å². The maximum Gasteiger partial charge on any atom is 0.133 e. The molecule has 0 aliphatic rings. The van der Waals surface area contributed by atoms with E-state index in [9.17, 15) is 0 Å². The minimum Gasteiger partial charge on any atom is -0.246 e. The van der Waals surface area contributed by atoms with E-state index in [4.69, 9.17) is 5.26 Å². The van der Waals surface area contributed by atoms with Gasteiger partial charge in [0, 0.05) is 6.21 Å². The van der Waals surface area contributed by atoms with Crippen LogP contribution in [0.5, 0.6) is 0 Å². The Balaban J connectivity index is 2.79. The number of nitriles is 1. The first kappa shape index (κ1) is 10.9. The molecule has 0 amide bonds. The summed E-state index contributed by atoms with van der Waals surface area (Å²) in [7, 11) is 0. The largest absolute Gasteiger partial charge is 0.246 e. The van der Waals surface area contributed by atoms with Crippen LogP contribution < -0.4 is 0 Å². The molecule has 15 heavy (non-hydrogen) atoms. The zero-order valence-electron chi connectivity index (χ0n) is 8.70. The molecule has 0 bridgehead atoms. The van der Waals surface area contributed by atoms with Crippen LogP contribution in [0.15, 0.2) is 48.1 Å². The van der Waals surface area contributed by atoms with Gasteiger partial charge in [-0.05, 0) is 18.1 Å². The van der Waals surface area contributed by atoms with Crippen molar-refractivity contribution in [2.24, 2.45) is 4.99 Å². The summed E-state index contributed by atoms with van der Waals surface area (Å²) in [5.74, 6) is 0. The minimum atomic E-state index is 0.184. The van der Waals surface area contributed by atoms with Crippen LogP contribution in [0, 0.1) is 18.3 Å². The Morgan fingerprint density at radius 2 is 1.93 bits per heavy atom. The maximum absolute atomic E-state index is 8.46. The van der Waals surface area contributed by atoms with Gasteiger partial charge in [-0.25, -0.2) is 4.99 Å². The van der Waals surface area contributed by atoms with Crippen molar-refractivity contribution in [1.29, 1.82) is 5.26 Å². The third-order valence-corrected chi connectivity index (χ3v) is 1.93. The van der Waals surface area contributed by atoms with Crippen molar-refractivity contribution in [3.8, 4) is 6.07 Å². The molecule has 2 heteroatoms. The second kappa shape index (κ2) is 4.92. The zero-order chi connectivity index (χ0) is 11.3. The second-order valence-electron chi connectivity index (χ2n) is 3.21. The molecular formula is C13H12N2. The monoisotopic (exact) mass is 196 g/mol.